The number of hydrogen-bond acceptors (Lipinski definition) is 3. The predicted octanol–water partition coefficient (Wildman–Crippen LogP) is 2.35. The molecule has 0 aromatic heterocycles. The molecule has 0 aliphatic carbocycles. The van der Waals surface area contributed by atoms with Gasteiger partial charge in [-0.05, 0) is 30.5 Å². The number of rotatable bonds is 4. The Morgan fingerprint density at radius 2 is 2.13 bits per heavy atom. The summed E-state index contributed by atoms with van der Waals surface area (Å²) in [5, 5.41) is 3.72. The number of nitrogens with zero attached hydrogens (tertiary/aromatic N) is 2. The number of halogens is 1. The molecule has 0 radical (unpaired) electrons. The van der Waals surface area contributed by atoms with E-state index >= 15 is 0 Å². The molecule has 1 N–H and O–H groups in total. The van der Waals surface area contributed by atoms with E-state index < -0.39 is 0 Å². The number of benzene rings is 1. The summed E-state index contributed by atoms with van der Waals surface area (Å²) in [5.41, 5.74) is 1.02. The van der Waals surface area contributed by atoms with Crippen LogP contribution in [0.3, 0.4) is 0 Å². The molecule has 5 nitrogen and oxygen atoms in total. The summed E-state index contributed by atoms with van der Waals surface area (Å²) in [5.74, 6) is 0. The Bertz CT molecular complexity index is 534. The summed E-state index contributed by atoms with van der Waals surface area (Å²) in [6.07, 6.45) is 2.17. The fourth-order valence-corrected chi connectivity index (χ4v) is 3.51. The highest BCUT2D eigenvalue weighted by Crippen LogP contribution is 2.19. The third-order valence-corrected chi connectivity index (χ3v) is 4.78. The molecule has 1 atom stereocenters. The van der Waals surface area contributed by atoms with Crippen LogP contribution in [0.25, 0.3) is 0 Å². The molecule has 1 aromatic rings. The van der Waals surface area contributed by atoms with Gasteiger partial charge in [0.1, 0.15) is 0 Å². The van der Waals surface area contributed by atoms with E-state index in [4.69, 9.17) is 16.3 Å². The molecule has 2 aliphatic heterocycles. The van der Waals surface area contributed by atoms with Crippen LogP contribution in [-0.4, -0.2) is 61.3 Å². The highest BCUT2D eigenvalue weighted by molar-refractivity contribution is 6.30. The molecule has 0 spiro atoms. The summed E-state index contributed by atoms with van der Waals surface area (Å²) in [6.45, 7) is 5.84. The van der Waals surface area contributed by atoms with E-state index in [-0.39, 0.29) is 6.03 Å². The molecule has 2 aliphatic rings. The van der Waals surface area contributed by atoms with E-state index in [0.29, 0.717) is 17.6 Å². The molecule has 23 heavy (non-hydrogen) atoms. The fraction of sp³-hybridized carbons (Fsp3) is 0.588. The molecule has 2 saturated heterocycles. The lowest BCUT2D eigenvalue weighted by molar-refractivity contribution is 0.0292. The van der Waals surface area contributed by atoms with Crippen molar-refractivity contribution in [3.63, 3.8) is 0 Å². The maximum atomic E-state index is 12.5. The monoisotopic (exact) mass is 337 g/mol. The van der Waals surface area contributed by atoms with Gasteiger partial charge in [0.25, 0.3) is 0 Å². The highest BCUT2D eigenvalue weighted by Gasteiger charge is 2.30. The SMILES string of the molecule is O=C(NCc1cccc(Cl)c1)N1CCC[C@H]1CN1CCOCC1. The molecule has 6 heteroatoms. The van der Waals surface area contributed by atoms with Crippen LogP contribution in [0.4, 0.5) is 4.79 Å². The van der Waals surface area contributed by atoms with Crippen LogP contribution in [0, 0.1) is 0 Å². The highest BCUT2D eigenvalue weighted by atomic mass is 35.5. The van der Waals surface area contributed by atoms with Gasteiger partial charge in [0, 0.05) is 43.8 Å². The average molecular weight is 338 g/mol. The Balaban J connectivity index is 1.51. The van der Waals surface area contributed by atoms with E-state index in [0.717, 1.165) is 57.8 Å². The molecule has 0 bridgehead atoms. The minimum atomic E-state index is 0.0285. The minimum absolute atomic E-state index is 0.0285. The van der Waals surface area contributed by atoms with Crippen LogP contribution in [0.15, 0.2) is 24.3 Å². The number of ether oxygens (including phenoxy) is 1. The minimum Gasteiger partial charge on any atom is -0.379 e. The van der Waals surface area contributed by atoms with Crippen LogP contribution in [0.1, 0.15) is 18.4 Å². The Morgan fingerprint density at radius 3 is 2.91 bits per heavy atom. The van der Waals surface area contributed by atoms with Crippen molar-refractivity contribution < 1.29 is 9.53 Å². The standard InChI is InChI=1S/C17H24ClN3O2/c18-15-4-1-3-14(11-15)12-19-17(22)21-6-2-5-16(21)13-20-7-9-23-10-8-20/h1,3-4,11,16H,2,5-10,12-13H2,(H,19,22)/t16-/m0/s1. The Hall–Kier alpha value is -1.30. The lowest BCUT2D eigenvalue weighted by Gasteiger charge is -2.33. The van der Waals surface area contributed by atoms with Gasteiger partial charge in [-0.3, -0.25) is 4.90 Å². The first kappa shape index (κ1) is 16.6. The van der Waals surface area contributed by atoms with Crippen molar-refractivity contribution in [2.45, 2.75) is 25.4 Å². The van der Waals surface area contributed by atoms with Crippen LogP contribution in [0.5, 0.6) is 0 Å². The number of morpholine rings is 1. The van der Waals surface area contributed by atoms with Crippen molar-refractivity contribution in [3.8, 4) is 0 Å². The summed E-state index contributed by atoms with van der Waals surface area (Å²) in [4.78, 5) is 16.9. The molecular formula is C17H24ClN3O2. The molecule has 2 heterocycles. The van der Waals surface area contributed by atoms with E-state index in [1.165, 1.54) is 0 Å². The molecule has 126 valence electrons. The van der Waals surface area contributed by atoms with Crippen LogP contribution in [0.2, 0.25) is 5.02 Å². The summed E-state index contributed by atoms with van der Waals surface area (Å²) < 4.78 is 5.39. The number of urea groups is 1. The van der Waals surface area contributed by atoms with Gasteiger partial charge in [0.15, 0.2) is 0 Å². The Kier molecular flexibility index (Phi) is 5.75. The maximum Gasteiger partial charge on any atom is 0.317 e. The summed E-state index contributed by atoms with van der Waals surface area (Å²) in [7, 11) is 0. The molecule has 2 amide bonds. The molecule has 0 unspecified atom stereocenters. The first-order valence-electron chi connectivity index (χ1n) is 8.31. The van der Waals surface area contributed by atoms with Crippen molar-refractivity contribution in [1.82, 2.24) is 15.1 Å². The zero-order valence-corrected chi connectivity index (χ0v) is 14.1. The van der Waals surface area contributed by atoms with E-state index in [9.17, 15) is 4.79 Å². The number of carbonyl (C=O) groups is 1. The number of likely N-dealkylation sites (tertiary alicyclic amines) is 1. The van der Waals surface area contributed by atoms with Gasteiger partial charge in [0.2, 0.25) is 0 Å². The number of carbonyl (C=O) groups excluding carboxylic acids is 1. The molecule has 1 aromatic carbocycles. The van der Waals surface area contributed by atoms with Crippen LogP contribution < -0.4 is 5.32 Å². The topological polar surface area (TPSA) is 44.8 Å². The van der Waals surface area contributed by atoms with E-state index in [2.05, 4.69) is 10.2 Å². The second-order valence-electron chi connectivity index (χ2n) is 6.19. The average Bonchev–Trinajstić information content (AvgIpc) is 3.02. The third kappa shape index (κ3) is 4.59. The number of nitrogens with one attached hydrogen (secondary N) is 1. The van der Waals surface area contributed by atoms with Gasteiger partial charge < -0.3 is 15.0 Å². The number of amides is 2. The molecule has 0 saturated carbocycles. The van der Waals surface area contributed by atoms with Crippen molar-refractivity contribution >= 4 is 17.6 Å². The predicted molar refractivity (Wildman–Crippen MR) is 90.7 cm³/mol. The lowest BCUT2D eigenvalue weighted by Crippen LogP contribution is -2.49. The van der Waals surface area contributed by atoms with Gasteiger partial charge in [0.05, 0.1) is 13.2 Å². The van der Waals surface area contributed by atoms with Gasteiger partial charge in [-0.25, -0.2) is 4.79 Å². The summed E-state index contributed by atoms with van der Waals surface area (Å²) in [6, 6.07) is 7.94. The molecule has 2 fully saturated rings. The number of hydrogen-bond donors (Lipinski definition) is 1. The lowest BCUT2D eigenvalue weighted by atomic mass is 10.2. The van der Waals surface area contributed by atoms with Crippen molar-refractivity contribution in [3.05, 3.63) is 34.9 Å². The third-order valence-electron chi connectivity index (χ3n) is 4.54. The van der Waals surface area contributed by atoms with Gasteiger partial charge in [-0.1, -0.05) is 23.7 Å². The van der Waals surface area contributed by atoms with Crippen molar-refractivity contribution in [2.75, 3.05) is 39.4 Å². The summed E-state index contributed by atoms with van der Waals surface area (Å²) >= 11 is 5.98. The molecule has 3 rings (SSSR count). The van der Waals surface area contributed by atoms with Crippen LogP contribution >= 0.6 is 11.6 Å². The normalized spacial score (nSPS) is 22.3. The van der Waals surface area contributed by atoms with Crippen molar-refractivity contribution in [2.24, 2.45) is 0 Å². The van der Waals surface area contributed by atoms with E-state index in [1.54, 1.807) is 0 Å². The second kappa shape index (κ2) is 7.99. The van der Waals surface area contributed by atoms with Gasteiger partial charge in [-0.2, -0.15) is 0 Å². The zero-order valence-electron chi connectivity index (χ0n) is 13.3. The van der Waals surface area contributed by atoms with Crippen molar-refractivity contribution in [1.29, 1.82) is 0 Å². The van der Waals surface area contributed by atoms with Gasteiger partial charge in [-0.15, -0.1) is 0 Å². The molecular weight excluding hydrogens is 314 g/mol. The van der Waals surface area contributed by atoms with Crippen LogP contribution in [-0.2, 0) is 11.3 Å². The smallest absolute Gasteiger partial charge is 0.317 e. The Morgan fingerprint density at radius 1 is 1.30 bits per heavy atom. The Labute approximate surface area is 142 Å². The van der Waals surface area contributed by atoms with Gasteiger partial charge >= 0.3 is 6.03 Å². The fourth-order valence-electron chi connectivity index (χ4n) is 3.30. The quantitative estimate of drug-likeness (QED) is 0.917. The first-order valence-corrected chi connectivity index (χ1v) is 8.69. The first-order chi connectivity index (χ1) is 11.2. The zero-order chi connectivity index (χ0) is 16.1. The maximum absolute atomic E-state index is 12.5. The largest absolute Gasteiger partial charge is 0.379 e. The van der Waals surface area contributed by atoms with E-state index in [1.807, 2.05) is 29.2 Å². The second-order valence-corrected chi connectivity index (χ2v) is 6.63.